The van der Waals surface area contributed by atoms with Crippen LogP contribution < -0.4 is 4.74 Å². The van der Waals surface area contributed by atoms with Gasteiger partial charge in [-0.05, 0) is 87.2 Å². The molecule has 2 aromatic rings. The average Bonchev–Trinajstić information content (AvgIpc) is 2.76. The van der Waals surface area contributed by atoms with Crippen LogP contribution in [0.25, 0.3) is 11.1 Å². The van der Waals surface area contributed by atoms with Gasteiger partial charge in [0, 0.05) is 0 Å². The molecule has 160 valence electrons. The molecule has 2 aromatic carbocycles. The van der Waals surface area contributed by atoms with Gasteiger partial charge in [-0.15, -0.1) is 0 Å². The van der Waals surface area contributed by atoms with E-state index in [2.05, 4.69) is 31.8 Å². The molecule has 0 bridgehead atoms. The smallest absolute Gasteiger partial charge is 0.338 e. The number of benzene rings is 2. The van der Waals surface area contributed by atoms with E-state index < -0.39 is 0 Å². The van der Waals surface area contributed by atoms with Crippen LogP contribution in [0.1, 0.15) is 45.0 Å². The van der Waals surface area contributed by atoms with Crippen LogP contribution in [0.2, 0.25) is 0 Å². The lowest BCUT2D eigenvalue weighted by Crippen LogP contribution is -2.11. The third-order valence-corrected chi connectivity index (χ3v) is 4.52. The van der Waals surface area contributed by atoms with Crippen molar-refractivity contribution in [3.05, 3.63) is 89.5 Å². The molecule has 0 heterocycles. The third-order valence-electron chi connectivity index (χ3n) is 4.52. The van der Waals surface area contributed by atoms with E-state index >= 15 is 0 Å². The molecule has 3 nitrogen and oxygen atoms in total. The number of hydrogen-bond donors (Lipinski definition) is 0. The number of rotatable bonds is 7. The summed E-state index contributed by atoms with van der Waals surface area (Å²) in [5.74, 6) is 6.45. The normalized spacial score (nSPS) is 11.9. The molecule has 2 rings (SSSR count). The van der Waals surface area contributed by atoms with Crippen LogP contribution in [-0.4, -0.2) is 18.7 Å². The number of carbonyl (C=O) groups excluding carboxylic acids is 1. The van der Waals surface area contributed by atoms with Gasteiger partial charge in [-0.2, -0.15) is 0 Å². The predicted molar refractivity (Wildman–Crippen MR) is 128 cm³/mol. The second-order valence-corrected chi connectivity index (χ2v) is 7.36. The highest BCUT2D eigenvalue weighted by Gasteiger charge is 2.09. The molecule has 0 amide bonds. The molecule has 0 spiro atoms. The molecule has 0 N–H and O–H groups in total. The molecular formula is C28H30O3. The van der Waals surface area contributed by atoms with E-state index in [1.54, 1.807) is 12.1 Å². The van der Waals surface area contributed by atoms with Crippen molar-refractivity contribution < 1.29 is 14.3 Å². The Kier molecular flexibility index (Phi) is 9.39. The van der Waals surface area contributed by atoms with Crippen molar-refractivity contribution >= 4 is 5.97 Å². The number of hydrogen-bond acceptors (Lipinski definition) is 3. The maximum atomic E-state index is 11.9. The van der Waals surface area contributed by atoms with Crippen molar-refractivity contribution in [2.45, 2.75) is 40.7 Å². The van der Waals surface area contributed by atoms with Gasteiger partial charge in [-0.1, -0.05) is 54.3 Å². The third kappa shape index (κ3) is 8.03. The summed E-state index contributed by atoms with van der Waals surface area (Å²) < 4.78 is 10.9. The molecule has 0 saturated carbocycles. The predicted octanol–water partition coefficient (Wildman–Crippen LogP) is 6.77. The van der Waals surface area contributed by atoms with E-state index in [4.69, 9.17) is 9.47 Å². The molecule has 0 aliphatic carbocycles. The highest BCUT2D eigenvalue weighted by Crippen LogP contribution is 2.23. The molecule has 0 fully saturated rings. The van der Waals surface area contributed by atoms with Crippen molar-refractivity contribution in [2.24, 2.45) is 0 Å². The maximum absolute atomic E-state index is 11.9. The lowest BCUT2D eigenvalue weighted by molar-refractivity contribution is 0.0378. The number of allylic oxidation sites excluding steroid dienone is 6. The van der Waals surface area contributed by atoms with E-state index in [1.807, 2.05) is 75.4 Å². The first-order valence-electron chi connectivity index (χ1n) is 10.4. The molecule has 0 aliphatic rings. The van der Waals surface area contributed by atoms with E-state index in [0.29, 0.717) is 12.2 Å². The van der Waals surface area contributed by atoms with Crippen molar-refractivity contribution in [3.63, 3.8) is 0 Å². The van der Waals surface area contributed by atoms with Crippen molar-refractivity contribution in [2.75, 3.05) is 6.61 Å². The fraction of sp³-hybridized carbons (Fsp3) is 0.250. The zero-order valence-corrected chi connectivity index (χ0v) is 18.9. The molecular weight excluding hydrogens is 384 g/mol. The molecule has 0 aromatic heterocycles. The van der Waals surface area contributed by atoms with Crippen LogP contribution in [0.4, 0.5) is 0 Å². The molecule has 0 radical (unpaired) electrons. The minimum atomic E-state index is -0.305. The van der Waals surface area contributed by atoms with E-state index in [9.17, 15) is 4.79 Å². The van der Waals surface area contributed by atoms with Gasteiger partial charge in [0.2, 0.25) is 0 Å². The van der Waals surface area contributed by atoms with E-state index in [0.717, 1.165) is 16.9 Å². The van der Waals surface area contributed by atoms with Crippen molar-refractivity contribution in [3.8, 4) is 28.7 Å². The van der Waals surface area contributed by atoms with Gasteiger partial charge >= 0.3 is 5.97 Å². The summed E-state index contributed by atoms with van der Waals surface area (Å²) in [6, 6.07) is 15.2. The minimum absolute atomic E-state index is 0.131. The van der Waals surface area contributed by atoms with E-state index in [1.165, 1.54) is 11.1 Å². The first-order valence-corrected chi connectivity index (χ1v) is 10.4. The minimum Gasteiger partial charge on any atom is -0.481 e. The zero-order chi connectivity index (χ0) is 22.6. The monoisotopic (exact) mass is 414 g/mol. The standard InChI is InChI=1S/C28H30O3/c1-6-10-22(4)23(5)11-8-7-9-20-30-27-18-16-25(17-19-27)24-12-14-26(15-13-24)28(29)31-21(2)3/h6,8,10-19,21H,20H2,1-5H3/b10-6-,11-8+,23-22-. The Balaban J connectivity index is 1.90. The van der Waals surface area contributed by atoms with Crippen LogP contribution in [0.5, 0.6) is 5.75 Å². The quantitative estimate of drug-likeness (QED) is 0.285. The Morgan fingerprint density at radius 3 is 2.10 bits per heavy atom. The highest BCUT2D eigenvalue weighted by molar-refractivity contribution is 5.90. The Labute approximate surface area is 186 Å². The Bertz CT molecular complexity index is 1010. The summed E-state index contributed by atoms with van der Waals surface area (Å²) in [5.41, 5.74) is 5.03. The van der Waals surface area contributed by atoms with Crippen molar-refractivity contribution in [1.82, 2.24) is 0 Å². The summed E-state index contributed by atoms with van der Waals surface area (Å²) >= 11 is 0. The van der Waals surface area contributed by atoms with Crippen LogP contribution in [0, 0.1) is 11.8 Å². The fourth-order valence-corrected chi connectivity index (χ4v) is 2.72. The first-order chi connectivity index (χ1) is 14.9. The SMILES string of the molecule is C\C=C/C(C)=C(C)\C=C\C#CCOc1ccc(-c2ccc(C(=O)OC(C)C)cc2)cc1. The molecule has 0 atom stereocenters. The van der Waals surface area contributed by atoms with Gasteiger partial charge in [-0.3, -0.25) is 0 Å². The lowest BCUT2D eigenvalue weighted by Gasteiger charge is -2.09. The zero-order valence-electron chi connectivity index (χ0n) is 18.9. The molecule has 31 heavy (non-hydrogen) atoms. The molecule has 0 unspecified atom stereocenters. The summed E-state index contributed by atoms with van der Waals surface area (Å²) in [6.45, 7) is 10.2. The molecule has 0 aliphatic heterocycles. The fourth-order valence-electron chi connectivity index (χ4n) is 2.72. The number of ether oxygens (including phenoxy) is 2. The van der Waals surface area contributed by atoms with Crippen molar-refractivity contribution in [1.29, 1.82) is 0 Å². The van der Waals surface area contributed by atoms with Crippen LogP contribution in [0.3, 0.4) is 0 Å². The topological polar surface area (TPSA) is 35.5 Å². The van der Waals surface area contributed by atoms with Gasteiger partial charge in [-0.25, -0.2) is 4.79 Å². The van der Waals surface area contributed by atoms with Gasteiger partial charge in [0.25, 0.3) is 0 Å². The van der Waals surface area contributed by atoms with Gasteiger partial charge < -0.3 is 9.47 Å². The van der Waals surface area contributed by atoms with Gasteiger partial charge in [0.1, 0.15) is 12.4 Å². The highest BCUT2D eigenvalue weighted by atomic mass is 16.5. The number of carbonyl (C=O) groups is 1. The van der Waals surface area contributed by atoms with Crippen LogP contribution in [0.15, 0.2) is 84.0 Å². The second kappa shape index (κ2) is 12.2. The van der Waals surface area contributed by atoms with Crippen LogP contribution >= 0.6 is 0 Å². The second-order valence-electron chi connectivity index (χ2n) is 7.36. The number of esters is 1. The summed E-state index contributed by atoms with van der Waals surface area (Å²) in [4.78, 5) is 11.9. The van der Waals surface area contributed by atoms with E-state index in [-0.39, 0.29) is 12.1 Å². The summed E-state index contributed by atoms with van der Waals surface area (Å²) in [7, 11) is 0. The molecule has 0 saturated heterocycles. The lowest BCUT2D eigenvalue weighted by atomic mass is 10.0. The summed E-state index contributed by atoms with van der Waals surface area (Å²) in [5, 5.41) is 0. The maximum Gasteiger partial charge on any atom is 0.338 e. The Hall–Kier alpha value is -3.51. The summed E-state index contributed by atoms with van der Waals surface area (Å²) in [6.07, 6.45) is 7.82. The van der Waals surface area contributed by atoms with Crippen LogP contribution in [-0.2, 0) is 4.74 Å². The largest absolute Gasteiger partial charge is 0.481 e. The average molecular weight is 415 g/mol. The molecule has 3 heteroatoms. The van der Waals surface area contributed by atoms with Gasteiger partial charge in [0.05, 0.1) is 11.7 Å². The Morgan fingerprint density at radius 1 is 0.935 bits per heavy atom. The first kappa shape index (κ1) is 23.8. The van der Waals surface area contributed by atoms with Gasteiger partial charge in [0.15, 0.2) is 0 Å². The Morgan fingerprint density at radius 2 is 1.52 bits per heavy atom.